The van der Waals surface area contributed by atoms with Crippen LogP contribution in [0.3, 0.4) is 0 Å². The molecule has 136 valence electrons. The fourth-order valence-electron chi connectivity index (χ4n) is 2.50. The van der Waals surface area contributed by atoms with Gasteiger partial charge >= 0.3 is 0 Å². The molecule has 3 rings (SSSR count). The zero-order chi connectivity index (χ0) is 18.9. The first-order valence-corrected chi connectivity index (χ1v) is 9.50. The van der Waals surface area contributed by atoms with Crippen molar-refractivity contribution >= 4 is 29.2 Å². The van der Waals surface area contributed by atoms with Gasteiger partial charge in [-0.2, -0.15) is 0 Å². The Morgan fingerprint density at radius 2 is 1.26 bits per heavy atom. The highest BCUT2D eigenvalue weighted by Gasteiger charge is 2.18. The second-order valence-corrected chi connectivity index (χ2v) is 6.89. The highest BCUT2D eigenvalue weighted by Crippen LogP contribution is 2.14. The van der Waals surface area contributed by atoms with Crippen molar-refractivity contribution in [2.75, 3.05) is 0 Å². The van der Waals surface area contributed by atoms with Crippen molar-refractivity contribution in [2.24, 2.45) is 0 Å². The number of hydrogen-bond acceptors (Lipinski definition) is 3. The summed E-state index contributed by atoms with van der Waals surface area (Å²) in [6.45, 7) is 0.737. The molecule has 0 atom stereocenters. The minimum Gasteiger partial charge on any atom is -0.348 e. The standard InChI is InChI=1S/C22H20N2O2S/c25-21(23-15-17-8-3-1-4-9-17)20(14-19-12-7-13-27-19)22(26)24-16-18-10-5-2-6-11-18/h1-14H,15-16H2,(H,23,25)(H,24,26). The van der Waals surface area contributed by atoms with E-state index in [1.807, 2.05) is 78.2 Å². The number of carbonyl (C=O) groups excluding carboxylic acids is 2. The second kappa shape index (κ2) is 9.50. The van der Waals surface area contributed by atoms with Gasteiger partial charge in [-0.05, 0) is 28.6 Å². The molecule has 27 heavy (non-hydrogen) atoms. The average Bonchev–Trinajstić information content (AvgIpc) is 3.23. The number of hydrogen-bond donors (Lipinski definition) is 2. The van der Waals surface area contributed by atoms with Gasteiger partial charge in [0.1, 0.15) is 5.57 Å². The van der Waals surface area contributed by atoms with Crippen LogP contribution in [0.15, 0.2) is 83.7 Å². The summed E-state index contributed by atoms with van der Waals surface area (Å²) in [4.78, 5) is 26.2. The molecule has 0 saturated carbocycles. The van der Waals surface area contributed by atoms with Gasteiger partial charge in [0.15, 0.2) is 0 Å². The van der Waals surface area contributed by atoms with Gasteiger partial charge in [0.05, 0.1) is 0 Å². The summed E-state index contributed by atoms with van der Waals surface area (Å²) in [6, 6.07) is 23.0. The van der Waals surface area contributed by atoms with E-state index < -0.39 is 11.8 Å². The van der Waals surface area contributed by atoms with Crippen LogP contribution in [0, 0.1) is 0 Å². The van der Waals surface area contributed by atoms with Gasteiger partial charge in [-0.15, -0.1) is 11.3 Å². The van der Waals surface area contributed by atoms with Crippen LogP contribution >= 0.6 is 11.3 Å². The number of rotatable bonds is 7. The Morgan fingerprint density at radius 3 is 1.70 bits per heavy atom. The quantitative estimate of drug-likeness (QED) is 0.375. The SMILES string of the molecule is O=C(NCc1ccccc1)C(=Cc1cccs1)C(=O)NCc1ccccc1. The summed E-state index contributed by atoms with van der Waals surface area (Å²) in [6.07, 6.45) is 1.63. The Balaban J connectivity index is 1.70. The third kappa shape index (κ3) is 5.66. The third-order valence-electron chi connectivity index (χ3n) is 3.91. The minimum atomic E-state index is -0.391. The molecule has 5 heteroatoms. The topological polar surface area (TPSA) is 58.2 Å². The first-order chi connectivity index (χ1) is 13.2. The third-order valence-corrected chi connectivity index (χ3v) is 4.73. The maximum absolute atomic E-state index is 12.7. The predicted octanol–water partition coefficient (Wildman–Crippen LogP) is 3.76. The molecule has 0 aliphatic rings. The Hall–Kier alpha value is -3.18. The Kier molecular flexibility index (Phi) is 6.55. The molecule has 0 saturated heterocycles. The predicted molar refractivity (Wildman–Crippen MR) is 109 cm³/mol. The molecule has 2 aromatic carbocycles. The van der Waals surface area contributed by atoms with Crippen LogP contribution in [0.4, 0.5) is 0 Å². The van der Waals surface area contributed by atoms with Crippen LogP contribution in [0.1, 0.15) is 16.0 Å². The lowest BCUT2D eigenvalue weighted by Gasteiger charge is -2.10. The number of amides is 2. The van der Waals surface area contributed by atoms with E-state index in [2.05, 4.69) is 10.6 Å². The number of nitrogens with one attached hydrogen (secondary N) is 2. The summed E-state index contributed by atoms with van der Waals surface area (Å²) in [5.41, 5.74) is 2.06. The van der Waals surface area contributed by atoms with Crippen molar-refractivity contribution in [3.8, 4) is 0 Å². The fraction of sp³-hybridized carbons (Fsp3) is 0.0909. The van der Waals surface area contributed by atoms with Crippen LogP contribution in [0.2, 0.25) is 0 Å². The van der Waals surface area contributed by atoms with Gasteiger partial charge in [0, 0.05) is 18.0 Å². The van der Waals surface area contributed by atoms with E-state index in [0.29, 0.717) is 13.1 Å². The van der Waals surface area contributed by atoms with Gasteiger partial charge < -0.3 is 10.6 Å². The number of carbonyl (C=O) groups is 2. The summed E-state index contributed by atoms with van der Waals surface area (Å²) >= 11 is 1.48. The number of thiophene rings is 1. The van der Waals surface area contributed by atoms with Crippen LogP contribution in [0.5, 0.6) is 0 Å². The van der Waals surface area contributed by atoms with Crippen LogP contribution in [0.25, 0.3) is 6.08 Å². The monoisotopic (exact) mass is 376 g/mol. The Bertz CT molecular complexity index is 847. The van der Waals surface area contributed by atoms with E-state index in [9.17, 15) is 9.59 Å². The molecular weight excluding hydrogens is 356 g/mol. The summed E-state index contributed by atoms with van der Waals surface area (Å²) in [5, 5.41) is 7.56. The van der Waals surface area contributed by atoms with Crippen molar-refractivity contribution in [1.82, 2.24) is 10.6 Å². The fourth-order valence-corrected chi connectivity index (χ4v) is 3.15. The Labute approximate surface area is 162 Å². The molecular formula is C22H20N2O2S. The number of benzene rings is 2. The molecule has 0 bridgehead atoms. The lowest BCUT2D eigenvalue weighted by atomic mass is 10.1. The molecule has 2 N–H and O–H groups in total. The van der Waals surface area contributed by atoms with Gasteiger partial charge in [0.25, 0.3) is 11.8 Å². The molecule has 0 unspecified atom stereocenters. The van der Waals surface area contributed by atoms with E-state index in [0.717, 1.165) is 16.0 Å². The molecule has 0 aliphatic heterocycles. The summed E-state index contributed by atoms with van der Waals surface area (Å²) in [5.74, 6) is -0.782. The highest BCUT2D eigenvalue weighted by molar-refractivity contribution is 7.10. The molecule has 4 nitrogen and oxygen atoms in total. The average molecular weight is 376 g/mol. The van der Waals surface area contributed by atoms with E-state index in [1.54, 1.807) is 6.08 Å². The molecule has 0 aliphatic carbocycles. The molecule has 1 heterocycles. The largest absolute Gasteiger partial charge is 0.348 e. The van der Waals surface area contributed by atoms with Crippen molar-refractivity contribution in [3.63, 3.8) is 0 Å². The minimum absolute atomic E-state index is 0.101. The maximum atomic E-state index is 12.7. The van der Waals surface area contributed by atoms with Crippen molar-refractivity contribution < 1.29 is 9.59 Å². The van der Waals surface area contributed by atoms with E-state index in [-0.39, 0.29) is 5.57 Å². The first kappa shape index (κ1) is 18.6. The Morgan fingerprint density at radius 1 is 0.741 bits per heavy atom. The molecule has 0 fully saturated rings. The van der Waals surface area contributed by atoms with Crippen LogP contribution < -0.4 is 10.6 Å². The normalized spacial score (nSPS) is 10.1. The van der Waals surface area contributed by atoms with Gasteiger partial charge in [0.2, 0.25) is 0 Å². The van der Waals surface area contributed by atoms with Crippen molar-refractivity contribution in [2.45, 2.75) is 13.1 Å². The van der Waals surface area contributed by atoms with E-state index in [4.69, 9.17) is 0 Å². The molecule has 1 aromatic heterocycles. The highest BCUT2D eigenvalue weighted by atomic mass is 32.1. The van der Waals surface area contributed by atoms with Gasteiger partial charge in [-0.3, -0.25) is 9.59 Å². The molecule has 2 amide bonds. The molecule has 0 spiro atoms. The molecule has 0 radical (unpaired) electrons. The molecule has 3 aromatic rings. The van der Waals surface area contributed by atoms with Crippen LogP contribution in [-0.4, -0.2) is 11.8 Å². The summed E-state index contributed by atoms with van der Waals surface area (Å²) < 4.78 is 0. The van der Waals surface area contributed by atoms with E-state index in [1.165, 1.54) is 11.3 Å². The van der Waals surface area contributed by atoms with E-state index >= 15 is 0 Å². The first-order valence-electron chi connectivity index (χ1n) is 8.62. The zero-order valence-electron chi connectivity index (χ0n) is 14.7. The van der Waals surface area contributed by atoms with Crippen LogP contribution in [-0.2, 0) is 22.7 Å². The second-order valence-electron chi connectivity index (χ2n) is 5.91. The smallest absolute Gasteiger partial charge is 0.257 e. The van der Waals surface area contributed by atoms with Gasteiger partial charge in [-0.25, -0.2) is 0 Å². The lowest BCUT2D eigenvalue weighted by molar-refractivity contribution is -0.123. The summed E-state index contributed by atoms with van der Waals surface area (Å²) in [7, 11) is 0. The van der Waals surface area contributed by atoms with Gasteiger partial charge in [-0.1, -0.05) is 66.7 Å². The zero-order valence-corrected chi connectivity index (χ0v) is 15.5. The lowest BCUT2D eigenvalue weighted by Crippen LogP contribution is -2.34. The van der Waals surface area contributed by atoms with Crippen molar-refractivity contribution in [1.29, 1.82) is 0 Å². The maximum Gasteiger partial charge on any atom is 0.257 e. The van der Waals surface area contributed by atoms with Crippen molar-refractivity contribution in [3.05, 3.63) is 99.8 Å².